The van der Waals surface area contributed by atoms with Crippen molar-refractivity contribution in [1.29, 1.82) is 0 Å². The summed E-state index contributed by atoms with van der Waals surface area (Å²) in [6.45, 7) is 0. The van der Waals surface area contributed by atoms with E-state index in [0.29, 0.717) is 22.9 Å². The maximum atomic E-state index is 13.1. The van der Waals surface area contributed by atoms with Gasteiger partial charge in [-0.1, -0.05) is 6.07 Å². The molecule has 2 aromatic carbocycles. The van der Waals surface area contributed by atoms with E-state index in [1.165, 1.54) is 30.6 Å². The lowest BCUT2D eigenvalue weighted by molar-refractivity contribution is 0.230. The maximum Gasteiger partial charge on any atom is 0.450 e. The summed E-state index contributed by atoms with van der Waals surface area (Å²) in [5.41, 5.74) is 8.96. The van der Waals surface area contributed by atoms with Crippen LogP contribution in [0, 0.1) is 5.82 Å². The highest BCUT2D eigenvalue weighted by atomic mass is 19.1. The first-order chi connectivity index (χ1) is 13.0. The minimum atomic E-state index is -0.568. The van der Waals surface area contributed by atoms with E-state index in [1.807, 2.05) is 12.1 Å². The zero-order valence-corrected chi connectivity index (χ0v) is 14.1. The van der Waals surface area contributed by atoms with E-state index < -0.39 is 10.6 Å². The average molecular weight is 363 g/mol. The lowest BCUT2D eigenvalue weighted by atomic mass is 10.1. The summed E-state index contributed by atoms with van der Waals surface area (Å²) in [6.07, 6.45) is 4.74. The van der Waals surface area contributed by atoms with Gasteiger partial charge in [0.05, 0.1) is 5.69 Å². The van der Waals surface area contributed by atoms with Crippen molar-refractivity contribution in [3.8, 4) is 11.3 Å². The molecule has 1 atom stereocenters. The zero-order chi connectivity index (χ0) is 19.0. The fourth-order valence-corrected chi connectivity index (χ4v) is 2.90. The quantitative estimate of drug-likeness (QED) is 0.368. The van der Waals surface area contributed by atoms with E-state index in [4.69, 9.17) is 11.6 Å². The smallest absolute Gasteiger partial charge is 0.384 e. The van der Waals surface area contributed by atoms with Crippen molar-refractivity contribution in [3.63, 3.8) is 0 Å². The Balaban J connectivity index is 1.68. The molecule has 0 saturated heterocycles. The van der Waals surface area contributed by atoms with E-state index in [9.17, 15) is 9.18 Å². The second kappa shape index (κ2) is 6.27. The Bertz CT molecular complexity index is 1070. The van der Waals surface area contributed by atoms with E-state index in [1.54, 1.807) is 24.4 Å². The van der Waals surface area contributed by atoms with Crippen LogP contribution in [0.3, 0.4) is 0 Å². The molecular weight excluding hydrogens is 347 g/mol. The third-order valence-electron chi connectivity index (χ3n) is 4.33. The summed E-state index contributed by atoms with van der Waals surface area (Å²) in [4.78, 5) is 20.9. The number of quaternary nitrogens is 1. The molecule has 1 unspecified atom stereocenters. The number of benzene rings is 2. The fraction of sp³-hybridized carbons (Fsp3) is 0. The van der Waals surface area contributed by atoms with Crippen LogP contribution in [0.2, 0.25) is 0 Å². The SMILES string of the molecule is Nc1cc(-c2ccc3c(c2)[N+](N)(C(=O)Nc2ccc(F)cc2)C=C3)ncn1. The Kier molecular flexibility index (Phi) is 3.91. The number of anilines is 2. The first-order valence-corrected chi connectivity index (χ1v) is 8.12. The van der Waals surface area contributed by atoms with E-state index in [-0.39, 0.29) is 5.82 Å². The number of rotatable bonds is 2. The number of nitrogens with two attached hydrogens (primary N) is 2. The average Bonchev–Trinajstić information content (AvgIpc) is 3.01. The number of nitrogen functional groups attached to an aromatic ring is 1. The zero-order valence-electron chi connectivity index (χ0n) is 14.1. The van der Waals surface area contributed by atoms with E-state index in [0.717, 1.165) is 11.1 Å². The molecule has 7 nitrogen and oxygen atoms in total. The van der Waals surface area contributed by atoms with Gasteiger partial charge in [-0.05, 0) is 30.3 Å². The van der Waals surface area contributed by atoms with E-state index >= 15 is 0 Å². The van der Waals surface area contributed by atoms with E-state index in [2.05, 4.69) is 15.3 Å². The van der Waals surface area contributed by atoms with Gasteiger partial charge in [-0.25, -0.2) is 19.2 Å². The van der Waals surface area contributed by atoms with Gasteiger partial charge in [0.2, 0.25) is 0 Å². The van der Waals surface area contributed by atoms with Crippen LogP contribution in [0.1, 0.15) is 5.56 Å². The number of halogens is 1. The van der Waals surface area contributed by atoms with Crippen molar-refractivity contribution in [3.05, 3.63) is 72.4 Å². The molecule has 0 aliphatic carbocycles. The Labute approximate surface area is 154 Å². The van der Waals surface area contributed by atoms with Gasteiger partial charge >= 0.3 is 6.03 Å². The minimum Gasteiger partial charge on any atom is -0.384 e. The van der Waals surface area contributed by atoms with Gasteiger partial charge in [-0.15, -0.1) is 4.59 Å². The molecule has 0 spiro atoms. The molecule has 1 aliphatic heterocycles. The summed E-state index contributed by atoms with van der Waals surface area (Å²) < 4.78 is 12.5. The summed E-state index contributed by atoms with van der Waals surface area (Å²) in [7, 11) is 0. The summed E-state index contributed by atoms with van der Waals surface area (Å²) in [6, 6.07) is 12.2. The molecule has 134 valence electrons. The highest BCUT2D eigenvalue weighted by Crippen LogP contribution is 2.36. The Morgan fingerprint density at radius 2 is 1.85 bits per heavy atom. The summed E-state index contributed by atoms with van der Waals surface area (Å²) >= 11 is 0. The second-order valence-corrected chi connectivity index (χ2v) is 6.13. The van der Waals surface area contributed by atoms with Crippen molar-refractivity contribution in [1.82, 2.24) is 14.6 Å². The van der Waals surface area contributed by atoms with Crippen LogP contribution in [-0.2, 0) is 0 Å². The highest BCUT2D eigenvalue weighted by Gasteiger charge is 2.40. The predicted molar refractivity (Wildman–Crippen MR) is 102 cm³/mol. The number of urea groups is 1. The normalized spacial score (nSPS) is 17.6. The maximum absolute atomic E-state index is 13.1. The number of nitrogens with zero attached hydrogens (tertiary/aromatic N) is 3. The molecule has 0 bridgehead atoms. The number of hydrogen-bond acceptors (Lipinski definition) is 5. The molecule has 27 heavy (non-hydrogen) atoms. The van der Waals surface area contributed by atoms with Crippen LogP contribution in [0.15, 0.2) is 61.1 Å². The number of carbonyl (C=O) groups is 1. The van der Waals surface area contributed by atoms with Gasteiger partial charge in [0.15, 0.2) is 5.69 Å². The number of amides is 2. The molecule has 0 saturated carbocycles. The largest absolute Gasteiger partial charge is 0.450 e. The van der Waals surface area contributed by atoms with Gasteiger partial charge in [0.25, 0.3) is 0 Å². The molecule has 4 rings (SSSR count). The van der Waals surface area contributed by atoms with Crippen molar-refractivity contribution in [2.45, 2.75) is 0 Å². The molecular formula is C19H16FN6O+. The molecule has 0 fully saturated rings. The standard InChI is InChI=1S/C19H15FN6O/c20-14-3-5-15(6-4-14)25-19(27)26(22)8-7-12-1-2-13(9-17(12)26)16-10-18(21)24-11-23-16/h1-11H,22H2,(H2-,21,23,24,25,27)/p+1. The first-order valence-electron chi connectivity index (χ1n) is 8.12. The van der Waals surface area contributed by atoms with Crippen molar-refractivity contribution < 1.29 is 9.18 Å². The van der Waals surface area contributed by atoms with Crippen molar-refractivity contribution >= 4 is 29.3 Å². The molecule has 3 aromatic rings. The van der Waals surface area contributed by atoms with Crippen LogP contribution in [0.25, 0.3) is 17.3 Å². The number of fused-ring (bicyclic) bond motifs is 1. The summed E-state index contributed by atoms with van der Waals surface area (Å²) in [5, 5.41) is 2.71. The molecule has 1 aromatic heterocycles. The molecule has 0 radical (unpaired) electrons. The predicted octanol–water partition coefficient (Wildman–Crippen LogP) is 3.26. The topological polar surface area (TPSA) is 107 Å². The number of hydrogen-bond donors (Lipinski definition) is 3. The molecule has 8 heteroatoms. The lowest BCUT2D eigenvalue weighted by Gasteiger charge is -2.23. The van der Waals surface area contributed by atoms with Crippen LogP contribution in [-0.4, -0.2) is 16.0 Å². The second-order valence-electron chi connectivity index (χ2n) is 6.13. The number of aromatic nitrogens is 2. The number of carbonyl (C=O) groups excluding carboxylic acids is 1. The molecule has 1 aliphatic rings. The van der Waals surface area contributed by atoms with Crippen molar-refractivity contribution in [2.24, 2.45) is 5.84 Å². The number of nitrogens with one attached hydrogen (secondary N) is 1. The van der Waals surface area contributed by atoms with Crippen molar-refractivity contribution in [2.75, 3.05) is 11.1 Å². The lowest BCUT2D eigenvalue weighted by Crippen LogP contribution is -2.56. The van der Waals surface area contributed by atoms with Gasteiger partial charge in [-0.3, -0.25) is 5.32 Å². The van der Waals surface area contributed by atoms with Gasteiger partial charge in [0.1, 0.15) is 24.2 Å². The van der Waals surface area contributed by atoms with Gasteiger partial charge in [-0.2, -0.15) is 5.84 Å². The first kappa shape index (κ1) is 16.8. The fourth-order valence-electron chi connectivity index (χ4n) is 2.90. The van der Waals surface area contributed by atoms with Crippen LogP contribution in [0.5, 0.6) is 0 Å². The highest BCUT2D eigenvalue weighted by molar-refractivity contribution is 6.02. The minimum absolute atomic E-state index is 0.348. The summed E-state index contributed by atoms with van der Waals surface area (Å²) in [5.74, 6) is 6.34. The third kappa shape index (κ3) is 3.03. The Morgan fingerprint density at radius 3 is 2.59 bits per heavy atom. The van der Waals surface area contributed by atoms with Crippen LogP contribution >= 0.6 is 0 Å². The Hall–Kier alpha value is -3.62. The van der Waals surface area contributed by atoms with Gasteiger partial charge in [0, 0.05) is 35.0 Å². The molecule has 2 amide bonds. The third-order valence-corrected chi connectivity index (χ3v) is 4.33. The van der Waals surface area contributed by atoms with Crippen LogP contribution < -0.4 is 21.5 Å². The van der Waals surface area contributed by atoms with Crippen LogP contribution in [0.4, 0.5) is 26.4 Å². The Morgan fingerprint density at radius 1 is 1.07 bits per heavy atom. The molecule has 2 heterocycles. The molecule has 5 N–H and O–H groups in total. The monoisotopic (exact) mass is 363 g/mol. The van der Waals surface area contributed by atoms with Gasteiger partial charge < -0.3 is 5.73 Å².